The van der Waals surface area contributed by atoms with Gasteiger partial charge in [-0.3, -0.25) is 19.2 Å². The number of fused-ring (bicyclic) bond motifs is 1. The fourth-order valence-corrected chi connectivity index (χ4v) is 2.97. The van der Waals surface area contributed by atoms with Crippen molar-refractivity contribution < 1.29 is 13.9 Å². The van der Waals surface area contributed by atoms with Crippen LogP contribution < -0.4 is 10.6 Å². The number of hydrogen-bond donors (Lipinski definition) is 1. The highest BCUT2D eigenvalue weighted by molar-refractivity contribution is 7.56. The molecule has 2 aromatic rings. The molecule has 0 aliphatic heterocycles. The van der Waals surface area contributed by atoms with Gasteiger partial charge in [0.25, 0.3) is 19.0 Å². The van der Waals surface area contributed by atoms with E-state index in [4.69, 9.17) is 4.52 Å². The maximum atomic E-state index is 12.2. The van der Waals surface area contributed by atoms with Crippen LogP contribution in [0.25, 0.3) is 11.0 Å². The summed E-state index contributed by atoms with van der Waals surface area (Å²) in [5.74, 6) is -0.805. The van der Waals surface area contributed by atoms with E-state index in [0.717, 1.165) is 0 Å². The molecule has 0 saturated carbocycles. The van der Waals surface area contributed by atoms with Crippen LogP contribution >= 0.6 is 7.52 Å². The van der Waals surface area contributed by atoms with Crippen molar-refractivity contribution in [2.45, 2.75) is 6.92 Å². The normalized spacial score (nSPS) is 13.9. The molecule has 0 fully saturated rings. The Hall–Kier alpha value is -1.98. The van der Waals surface area contributed by atoms with Crippen LogP contribution in [0.15, 0.2) is 29.1 Å². The van der Waals surface area contributed by atoms with Gasteiger partial charge in [-0.15, -0.1) is 0 Å². The minimum Gasteiger partial charge on any atom is -0.314 e. The van der Waals surface area contributed by atoms with Crippen LogP contribution in [0.2, 0.25) is 0 Å². The number of amides is 1. The molecule has 1 atom stereocenters. The molecule has 1 amide bonds. The summed E-state index contributed by atoms with van der Waals surface area (Å²) in [4.78, 5) is 28.3. The van der Waals surface area contributed by atoms with E-state index in [2.05, 4.69) is 10.1 Å². The summed E-state index contributed by atoms with van der Waals surface area (Å²) in [6.45, 7) is 3.13. The van der Waals surface area contributed by atoms with Crippen molar-refractivity contribution in [3.63, 3.8) is 0 Å². The third kappa shape index (κ3) is 3.20. The summed E-state index contributed by atoms with van der Waals surface area (Å²) >= 11 is 0. The summed E-state index contributed by atoms with van der Waals surface area (Å²) in [6, 6.07) is 6.96. The number of benzene rings is 1. The van der Waals surface area contributed by atoms with Crippen LogP contribution in [0.1, 0.15) is 17.4 Å². The summed E-state index contributed by atoms with van der Waals surface area (Å²) in [7, 11) is -1.74. The monoisotopic (exact) mass is 309 g/mol. The number of aryl methyl sites for hydroxylation is 1. The molecule has 8 heteroatoms. The molecule has 2 rings (SSSR count). The van der Waals surface area contributed by atoms with Gasteiger partial charge in [-0.1, -0.05) is 12.1 Å². The molecule has 1 unspecified atom stereocenters. The maximum absolute atomic E-state index is 12.2. The average Bonchev–Trinajstić information content (AvgIpc) is 2.42. The van der Waals surface area contributed by atoms with Gasteiger partial charge in [0.2, 0.25) is 0 Å². The molecule has 0 bridgehead atoms. The fraction of sp³-hybridized carbons (Fsp3) is 0.308. The van der Waals surface area contributed by atoms with Gasteiger partial charge in [0.05, 0.1) is 17.6 Å². The Kier molecular flexibility index (Phi) is 4.25. The number of nitrogens with one attached hydrogen (secondary N) is 1. The zero-order chi connectivity index (χ0) is 15.6. The summed E-state index contributed by atoms with van der Waals surface area (Å²) in [6.07, 6.45) is 0. The topological polar surface area (TPSA) is 90.3 Å². The lowest BCUT2D eigenvalue weighted by molar-refractivity contribution is 0.0968. The Bertz CT molecular complexity index is 800. The third-order valence-corrected chi connectivity index (χ3v) is 4.24. The van der Waals surface area contributed by atoms with Crippen LogP contribution in [0, 0.1) is 0 Å². The number of hydrogen-bond acceptors (Lipinski definition) is 5. The Morgan fingerprint density at radius 3 is 2.76 bits per heavy atom. The summed E-state index contributed by atoms with van der Waals surface area (Å²) in [5, 5.41) is 2.22. The highest BCUT2D eigenvalue weighted by Crippen LogP contribution is 2.37. The number of rotatable bonds is 4. The quantitative estimate of drug-likeness (QED) is 0.865. The first kappa shape index (κ1) is 15.4. The number of carbonyl (C=O) groups is 1. The van der Waals surface area contributed by atoms with Crippen LogP contribution in [-0.2, 0) is 16.1 Å². The Morgan fingerprint density at radius 2 is 2.10 bits per heavy atom. The van der Waals surface area contributed by atoms with Crippen molar-refractivity contribution in [1.29, 1.82) is 0 Å². The average molecular weight is 309 g/mol. The van der Waals surface area contributed by atoms with Crippen LogP contribution in [0.4, 0.5) is 0 Å². The highest BCUT2D eigenvalue weighted by Gasteiger charge is 2.23. The maximum Gasteiger partial charge on any atom is 0.293 e. The third-order valence-electron chi connectivity index (χ3n) is 2.88. The van der Waals surface area contributed by atoms with Crippen molar-refractivity contribution in [2.24, 2.45) is 7.05 Å². The standard InChI is InChI=1S/C13H16N3O4P/c1-4-20-21(3,19)15-12(17)11-13(18)16(2)10-8-6-5-7-9(10)14-11/h5-8H,4H2,1-3H3,(H,15,17,19). The molecular weight excluding hydrogens is 293 g/mol. The van der Waals surface area contributed by atoms with Crippen molar-refractivity contribution in [3.8, 4) is 0 Å². The summed E-state index contributed by atoms with van der Waals surface area (Å²) in [5.41, 5.74) is 0.260. The molecule has 0 radical (unpaired) electrons. The van der Waals surface area contributed by atoms with Gasteiger partial charge < -0.3 is 9.09 Å². The van der Waals surface area contributed by atoms with Crippen LogP contribution in [-0.4, -0.2) is 28.7 Å². The van der Waals surface area contributed by atoms with E-state index in [-0.39, 0.29) is 12.3 Å². The predicted molar refractivity (Wildman–Crippen MR) is 79.6 cm³/mol. The summed E-state index contributed by atoms with van der Waals surface area (Å²) < 4.78 is 18.3. The second-order valence-electron chi connectivity index (χ2n) is 4.52. The molecule has 112 valence electrons. The smallest absolute Gasteiger partial charge is 0.293 e. The lowest BCUT2D eigenvalue weighted by Gasteiger charge is -2.14. The van der Waals surface area contributed by atoms with Gasteiger partial charge >= 0.3 is 0 Å². The minimum absolute atomic E-state index is 0.192. The molecule has 0 aliphatic rings. The Morgan fingerprint density at radius 1 is 1.43 bits per heavy atom. The van der Waals surface area contributed by atoms with E-state index < -0.39 is 19.0 Å². The number of para-hydroxylation sites is 2. The Labute approximate surface area is 121 Å². The highest BCUT2D eigenvalue weighted by atomic mass is 31.2. The van der Waals surface area contributed by atoms with Gasteiger partial charge in [-0.25, -0.2) is 4.98 Å². The van der Waals surface area contributed by atoms with Crippen molar-refractivity contribution >= 4 is 24.5 Å². The molecule has 0 aliphatic carbocycles. The van der Waals surface area contributed by atoms with E-state index in [0.29, 0.717) is 11.0 Å². The minimum atomic E-state index is -3.30. The zero-order valence-corrected chi connectivity index (χ0v) is 12.9. The van der Waals surface area contributed by atoms with Gasteiger partial charge in [0, 0.05) is 13.7 Å². The molecule has 0 saturated heterocycles. The molecular formula is C13H16N3O4P. The fourth-order valence-electron chi connectivity index (χ4n) is 1.94. The molecule has 1 N–H and O–H groups in total. The SMILES string of the molecule is CCOP(C)(=O)NC(=O)c1nc2ccccc2n(C)c1=O. The molecule has 1 heterocycles. The number of aromatic nitrogens is 2. The largest absolute Gasteiger partial charge is 0.314 e. The Balaban J connectivity index is 2.47. The van der Waals surface area contributed by atoms with E-state index in [9.17, 15) is 14.2 Å². The van der Waals surface area contributed by atoms with E-state index in [1.54, 1.807) is 38.2 Å². The van der Waals surface area contributed by atoms with Gasteiger partial charge in [-0.05, 0) is 19.1 Å². The number of carbonyl (C=O) groups excluding carboxylic acids is 1. The van der Waals surface area contributed by atoms with E-state index in [1.165, 1.54) is 11.2 Å². The van der Waals surface area contributed by atoms with Crippen LogP contribution in [0.3, 0.4) is 0 Å². The molecule has 1 aromatic carbocycles. The van der Waals surface area contributed by atoms with Gasteiger partial charge in [-0.2, -0.15) is 0 Å². The lowest BCUT2D eigenvalue weighted by Crippen LogP contribution is -2.32. The first-order valence-electron chi connectivity index (χ1n) is 6.36. The van der Waals surface area contributed by atoms with Gasteiger partial charge in [0.1, 0.15) is 0 Å². The lowest BCUT2D eigenvalue weighted by atomic mass is 10.3. The second-order valence-corrected chi connectivity index (χ2v) is 6.69. The number of nitrogens with zero attached hydrogens (tertiary/aromatic N) is 2. The van der Waals surface area contributed by atoms with Crippen molar-refractivity contribution in [1.82, 2.24) is 14.6 Å². The first-order chi connectivity index (χ1) is 9.85. The van der Waals surface area contributed by atoms with E-state index >= 15 is 0 Å². The zero-order valence-electron chi connectivity index (χ0n) is 12.0. The van der Waals surface area contributed by atoms with E-state index in [1.807, 2.05) is 0 Å². The van der Waals surface area contributed by atoms with Crippen molar-refractivity contribution in [2.75, 3.05) is 13.3 Å². The molecule has 21 heavy (non-hydrogen) atoms. The van der Waals surface area contributed by atoms with Crippen molar-refractivity contribution in [3.05, 3.63) is 40.3 Å². The second kappa shape index (κ2) is 5.79. The molecule has 0 spiro atoms. The van der Waals surface area contributed by atoms with Gasteiger partial charge in [0.15, 0.2) is 5.69 Å². The first-order valence-corrected chi connectivity index (χ1v) is 8.43. The molecule has 7 nitrogen and oxygen atoms in total. The molecule has 1 aromatic heterocycles. The van der Waals surface area contributed by atoms with Crippen LogP contribution in [0.5, 0.6) is 0 Å². The predicted octanol–water partition coefficient (Wildman–Crippen LogP) is 1.52.